The first-order chi connectivity index (χ1) is 8.86. The summed E-state index contributed by atoms with van der Waals surface area (Å²) in [6.45, 7) is 0. The number of benzene rings is 1. The van der Waals surface area contributed by atoms with E-state index in [2.05, 4.69) is 15.4 Å². The van der Waals surface area contributed by atoms with E-state index in [0.29, 0.717) is 0 Å². The first-order valence-electron chi connectivity index (χ1n) is 5.56. The molecule has 1 aromatic carbocycles. The van der Waals surface area contributed by atoms with Gasteiger partial charge in [0, 0.05) is 12.3 Å². The fourth-order valence-corrected chi connectivity index (χ4v) is 1.74. The average Bonchev–Trinajstić information content (AvgIpc) is 2.47. The summed E-state index contributed by atoms with van der Waals surface area (Å²) in [5.41, 5.74) is 4.95. The third kappa shape index (κ3) is 1.86. The minimum absolute atomic E-state index is 0.739. The molecule has 0 saturated carbocycles. The lowest BCUT2D eigenvalue weighted by Gasteiger charge is -2.25. The highest BCUT2D eigenvalue weighted by Crippen LogP contribution is 2.28. The van der Waals surface area contributed by atoms with Gasteiger partial charge in [-0.15, -0.1) is 0 Å². The van der Waals surface area contributed by atoms with Crippen LogP contribution in [0.15, 0.2) is 47.6 Å². The van der Waals surface area contributed by atoms with Crippen LogP contribution in [0.4, 0.5) is 17.2 Å². The predicted molar refractivity (Wildman–Crippen MR) is 71.5 cm³/mol. The highest BCUT2D eigenvalue weighted by molar-refractivity contribution is 5.89. The van der Waals surface area contributed by atoms with Gasteiger partial charge in [0.2, 0.25) is 0 Å². The van der Waals surface area contributed by atoms with Crippen LogP contribution in [0, 0.1) is 0 Å². The number of ether oxygens (including phenoxy) is 1. The number of aromatic nitrogens is 1. The third-order valence-electron chi connectivity index (χ3n) is 2.66. The smallest absolute Gasteiger partial charge is 0.171 e. The van der Waals surface area contributed by atoms with Crippen LogP contribution in [0.25, 0.3) is 0 Å². The van der Waals surface area contributed by atoms with Crippen molar-refractivity contribution in [3.05, 3.63) is 42.6 Å². The largest absolute Gasteiger partial charge is 0.497 e. The molecule has 1 aromatic heterocycles. The Labute approximate surface area is 105 Å². The number of nitrogens with zero attached hydrogens (tertiary/aromatic N) is 3. The summed E-state index contributed by atoms with van der Waals surface area (Å²) >= 11 is 0. The van der Waals surface area contributed by atoms with Crippen LogP contribution < -0.4 is 15.2 Å². The maximum Gasteiger partial charge on any atom is 0.171 e. The number of aliphatic imine (C=N–C) groups is 1. The van der Waals surface area contributed by atoms with Crippen molar-refractivity contribution < 1.29 is 4.74 Å². The van der Waals surface area contributed by atoms with E-state index in [1.807, 2.05) is 36.4 Å². The molecule has 0 radical (unpaired) electrons. The van der Waals surface area contributed by atoms with Gasteiger partial charge in [0.05, 0.1) is 12.8 Å². The van der Waals surface area contributed by atoms with E-state index in [4.69, 9.17) is 4.74 Å². The number of rotatable bonds is 2. The molecule has 0 saturated heterocycles. The van der Waals surface area contributed by atoms with Crippen LogP contribution >= 0.6 is 0 Å². The molecule has 2 heterocycles. The zero-order valence-electron chi connectivity index (χ0n) is 9.87. The molecule has 1 aliphatic heterocycles. The van der Waals surface area contributed by atoms with Crippen LogP contribution in [-0.4, -0.2) is 18.4 Å². The lowest BCUT2D eigenvalue weighted by molar-refractivity contribution is 0.415. The Morgan fingerprint density at radius 1 is 1.22 bits per heavy atom. The maximum absolute atomic E-state index is 5.20. The molecule has 0 fully saturated rings. The Balaban J connectivity index is 1.92. The van der Waals surface area contributed by atoms with Crippen LogP contribution in [0.1, 0.15) is 0 Å². The van der Waals surface area contributed by atoms with Gasteiger partial charge in [0.1, 0.15) is 17.8 Å². The molecule has 5 nitrogen and oxygen atoms in total. The van der Waals surface area contributed by atoms with E-state index >= 15 is 0 Å². The molecular weight excluding hydrogens is 228 g/mol. The molecule has 0 amide bonds. The average molecular weight is 240 g/mol. The fraction of sp³-hybridized carbons (Fsp3) is 0.0769. The number of pyridine rings is 1. The van der Waals surface area contributed by atoms with Gasteiger partial charge in [-0.1, -0.05) is 6.07 Å². The van der Waals surface area contributed by atoms with E-state index in [1.165, 1.54) is 0 Å². The molecule has 90 valence electrons. The number of hydrazine groups is 1. The third-order valence-corrected chi connectivity index (χ3v) is 2.66. The molecule has 0 spiro atoms. The van der Waals surface area contributed by atoms with Gasteiger partial charge >= 0.3 is 0 Å². The molecule has 0 unspecified atom stereocenters. The van der Waals surface area contributed by atoms with E-state index in [-0.39, 0.29) is 0 Å². The van der Waals surface area contributed by atoms with Crippen molar-refractivity contribution in [2.45, 2.75) is 0 Å². The number of fused-ring (bicyclic) bond motifs is 1. The Morgan fingerprint density at radius 3 is 3.06 bits per heavy atom. The molecule has 0 aliphatic carbocycles. The van der Waals surface area contributed by atoms with Crippen molar-refractivity contribution in [2.75, 3.05) is 17.5 Å². The summed E-state index contributed by atoms with van der Waals surface area (Å²) in [5.74, 6) is 1.54. The molecule has 2 aromatic rings. The molecule has 0 atom stereocenters. The van der Waals surface area contributed by atoms with Gasteiger partial charge in [-0.2, -0.15) is 0 Å². The first kappa shape index (κ1) is 10.6. The fourth-order valence-electron chi connectivity index (χ4n) is 1.74. The highest BCUT2D eigenvalue weighted by atomic mass is 16.5. The maximum atomic E-state index is 5.20. The summed E-state index contributed by atoms with van der Waals surface area (Å²) in [6.07, 6.45) is 3.45. The standard InChI is InChI=1S/C13H12N4O/c1-18-11-5-2-4-10(8-11)17-9-15-12-6-3-7-14-13(12)16-17/h2-9H,1H3,(H,14,16). The molecule has 0 bridgehead atoms. The van der Waals surface area contributed by atoms with E-state index in [1.54, 1.807) is 24.7 Å². The number of nitrogens with one attached hydrogen (secondary N) is 1. The second kappa shape index (κ2) is 4.37. The minimum Gasteiger partial charge on any atom is -0.497 e. The van der Waals surface area contributed by atoms with Crippen molar-refractivity contribution in [3.8, 4) is 5.75 Å². The predicted octanol–water partition coefficient (Wildman–Crippen LogP) is 2.60. The van der Waals surface area contributed by atoms with E-state index < -0.39 is 0 Å². The van der Waals surface area contributed by atoms with Gasteiger partial charge in [-0.05, 0) is 24.3 Å². The second-order valence-corrected chi connectivity index (χ2v) is 3.80. The zero-order chi connectivity index (χ0) is 12.4. The molecular formula is C13H12N4O. The van der Waals surface area contributed by atoms with Crippen LogP contribution in [0.2, 0.25) is 0 Å². The lowest BCUT2D eigenvalue weighted by atomic mass is 10.3. The van der Waals surface area contributed by atoms with Crippen LogP contribution in [0.5, 0.6) is 5.75 Å². The van der Waals surface area contributed by atoms with Crippen molar-refractivity contribution >= 4 is 23.5 Å². The summed E-state index contributed by atoms with van der Waals surface area (Å²) in [7, 11) is 1.65. The van der Waals surface area contributed by atoms with Crippen LogP contribution in [-0.2, 0) is 0 Å². The van der Waals surface area contributed by atoms with E-state index in [9.17, 15) is 0 Å². The van der Waals surface area contributed by atoms with Crippen molar-refractivity contribution in [1.82, 2.24) is 4.98 Å². The Kier molecular flexibility index (Phi) is 2.57. The quantitative estimate of drug-likeness (QED) is 0.876. The Hall–Kier alpha value is -2.56. The first-order valence-corrected chi connectivity index (χ1v) is 5.56. The van der Waals surface area contributed by atoms with Crippen molar-refractivity contribution in [2.24, 2.45) is 4.99 Å². The van der Waals surface area contributed by atoms with Crippen molar-refractivity contribution in [3.63, 3.8) is 0 Å². The SMILES string of the molecule is COc1cccc(N2C=Nc3cccnc3N2)c1. The van der Waals surface area contributed by atoms with Gasteiger partial charge in [0.15, 0.2) is 5.82 Å². The molecule has 18 heavy (non-hydrogen) atoms. The Bertz CT molecular complexity index is 597. The molecule has 1 N–H and O–H groups in total. The monoisotopic (exact) mass is 240 g/mol. The molecule has 3 rings (SSSR count). The van der Waals surface area contributed by atoms with Crippen LogP contribution in [0.3, 0.4) is 0 Å². The van der Waals surface area contributed by atoms with E-state index in [0.717, 1.165) is 22.9 Å². The van der Waals surface area contributed by atoms with Gasteiger partial charge in [-0.3, -0.25) is 5.43 Å². The molecule has 5 heteroatoms. The summed E-state index contributed by atoms with van der Waals surface area (Å²) in [6, 6.07) is 11.5. The van der Waals surface area contributed by atoms with Gasteiger partial charge in [0.25, 0.3) is 0 Å². The number of hydrogen-bond acceptors (Lipinski definition) is 5. The minimum atomic E-state index is 0.739. The number of methoxy groups -OCH3 is 1. The second-order valence-electron chi connectivity index (χ2n) is 3.80. The summed E-state index contributed by atoms with van der Waals surface area (Å²) < 4.78 is 5.20. The van der Waals surface area contributed by atoms with Crippen molar-refractivity contribution in [1.29, 1.82) is 0 Å². The summed E-state index contributed by atoms with van der Waals surface area (Å²) in [5, 5.41) is 1.80. The topological polar surface area (TPSA) is 49.8 Å². The normalized spacial score (nSPS) is 12.8. The zero-order valence-corrected chi connectivity index (χ0v) is 9.87. The number of hydrogen-bond donors (Lipinski definition) is 1. The number of anilines is 2. The summed E-state index contributed by atoms with van der Waals surface area (Å²) in [4.78, 5) is 8.58. The Morgan fingerprint density at radius 2 is 2.17 bits per heavy atom. The molecule has 1 aliphatic rings. The van der Waals surface area contributed by atoms with Gasteiger partial charge in [-0.25, -0.2) is 15.0 Å². The van der Waals surface area contributed by atoms with Gasteiger partial charge < -0.3 is 4.74 Å². The highest BCUT2D eigenvalue weighted by Gasteiger charge is 2.13. The lowest BCUT2D eigenvalue weighted by Crippen LogP contribution is -2.30.